The Morgan fingerprint density at radius 1 is 1.30 bits per heavy atom. The van der Waals surface area contributed by atoms with Crippen LogP contribution in [0.4, 0.5) is 13.2 Å². The third kappa shape index (κ3) is 7.00. The highest BCUT2D eigenvalue weighted by atomic mass is 127. The minimum Gasteiger partial charge on any atom is -0.370 e. The number of carbonyl (C=O) groups excluding carboxylic acids is 1. The molecule has 1 heterocycles. The summed E-state index contributed by atoms with van der Waals surface area (Å²) in [6.07, 6.45) is -2.93. The van der Waals surface area contributed by atoms with E-state index >= 15 is 0 Å². The van der Waals surface area contributed by atoms with Crippen molar-refractivity contribution in [2.24, 2.45) is 10.9 Å². The van der Waals surface area contributed by atoms with Crippen LogP contribution >= 0.6 is 24.0 Å². The van der Waals surface area contributed by atoms with Gasteiger partial charge in [0.1, 0.15) is 6.10 Å². The Labute approximate surface area is 191 Å². The predicted molar refractivity (Wildman–Crippen MR) is 119 cm³/mol. The molecule has 0 aromatic heterocycles. The lowest BCUT2D eigenvalue weighted by molar-refractivity contribution is -0.137. The van der Waals surface area contributed by atoms with Crippen LogP contribution in [0.5, 0.6) is 0 Å². The Morgan fingerprint density at radius 3 is 2.73 bits per heavy atom. The first-order valence-corrected chi connectivity index (χ1v) is 9.98. The molecule has 6 nitrogen and oxygen atoms in total. The molecule has 1 saturated heterocycles. The fourth-order valence-electron chi connectivity index (χ4n) is 3.22. The Balaban J connectivity index is 0.00000320. The van der Waals surface area contributed by atoms with Crippen LogP contribution in [0.2, 0.25) is 0 Å². The van der Waals surface area contributed by atoms with Crippen molar-refractivity contribution >= 4 is 35.8 Å². The molecule has 2 aliphatic rings. The Morgan fingerprint density at radius 2 is 2.07 bits per heavy atom. The molecule has 2 fully saturated rings. The van der Waals surface area contributed by atoms with Crippen molar-refractivity contribution in [2.75, 3.05) is 39.3 Å². The van der Waals surface area contributed by atoms with E-state index in [9.17, 15) is 18.0 Å². The Hall–Kier alpha value is -1.56. The van der Waals surface area contributed by atoms with Gasteiger partial charge in [0.2, 0.25) is 5.91 Å². The maximum Gasteiger partial charge on any atom is 0.416 e. The number of aliphatic imine (C=N–C) groups is 1. The van der Waals surface area contributed by atoms with E-state index in [0.717, 1.165) is 25.0 Å². The summed E-state index contributed by atoms with van der Waals surface area (Å²) < 4.78 is 44.8. The summed E-state index contributed by atoms with van der Waals surface area (Å²) in [6, 6.07) is 5.26. The summed E-state index contributed by atoms with van der Waals surface area (Å²) >= 11 is 0. The van der Waals surface area contributed by atoms with Crippen LogP contribution in [0.3, 0.4) is 0 Å². The molecule has 0 bridgehead atoms. The summed E-state index contributed by atoms with van der Waals surface area (Å²) in [4.78, 5) is 18.2. The second-order valence-electron chi connectivity index (χ2n) is 7.23. The number of guanidine groups is 1. The Kier molecular flexibility index (Phi) is 9.20. The van der Waals surface area contributed by atoms with E-state index in [1.54, 1.807) is 6.07 Å². The highest BCUT2D eigenvalue weighted by Crippen LogP contribution is 2.32. The smallest absolute Gasteiger partial charge is 0.370 e. The van der Waals surface area contributed by atoms with Gasteiger partial charge in [-0.05, 0) is 37.5 Å². The molecule has 1 aliphatic carbocycles. The average molecular weight is 540 g/mol. The second kappa shape index (κ2) is 11.2. The van der Waals surface area contributed by atoms with Crippen molar-refractivity contribution < 1.29 is 22.7 Å². The molecule has 1 unspecified atom stereocenters. The molecule has 3 rings (SSSR count). The standard InChI is InChI=1S/C20H27F3N4O2.HI/c1-2-24-19(26-9-8-25-18(28)14-6-7-14)27-10-11-29-17(13-27)15-4-3-5-16(12-15)20(21,22)23;/h3-5,12,14,17H,2,6-11,13H2,1H3,(H,24,26)(H,25,28);1H. The number of hydrogen-bond donors (Lipinski definition) is 2. The first-order valence-electron chi connectivity index (χ1n) is 9.98. The first kappa shape index (κ1) is 24.7. The number of ether oxygens (including phenoxy) is 1. The van der Waals surface area contributed by atoms with Gasteiger partial charge < -0.3 is 20.3 Å². The molecule has 30 heavy (non-hydrogen) atoms. The zero-order chi connectivity index (χ0) is 20.9. The van der Waals surface area contributed by atoms with Crippen molar-refractivity contribution in [1.82, 2.24) is 15.5 Å². The second-order valence-corrected chi connectivity index (χ2v) is 7.23. The van der Waals surface area contributed by atoms with E-state index in [1.165, 1.54) is 6.07 Å². The minimum absolute atomic E-state index is 0. The van der Waals surface area contributed by atoms with Gasteiger partial charge in [0, 0.05) is 25.6 Å². The van der Waals surface area contributed by atoms with Gasteiger partial charge in [-0.15, -0.1) is 24.0 Å². The maximum absolute atomic E-state index is 13.0. The van der Waals surface area contributed by atoms with Crippen molar-refractivity contribution in [3.8, 4) is 0 Å². The number of carbonyl (C=O) groups is 1. The van der Waals surface area contributed by atoms with E-state index in [-0.39, 0.29) is 35.8 Å². The predicted octanol–water partition coefficient (Wildman–Crippen LogP) is 3.19. The van der Waals surface area contributed by atoms with Gasteiger partial charge in [0.15, 0.2) is 5.96 Å². The maximum atomic E-state index is 13.0. The molecule has 10 heteroatoms. The number of nitrogens with zero attached hydrogens (tertiary/aromatic N) is 2. The van der Waals surface area contributed by atoms with Gasteiger partial charge in [0.25, 0.3) is 0 Å². The first-order chi connectivity index (χ1) is 13.9. The van der Waals surface area contributed by atoms with Gasteiger partial charge >= 0.3 is 6.18 Å². The number of morpholine rings is 1. The largest absolute Gasteiger partial charge is 0.416 e. The summed E-state index contributed by atoms with van der Waals surface area (Å²) in [5, 5.41) is 6.09. The number of alkyl halides is 3. The number of amides is 1. The van der Waals surface area contributed by atoms with E-state index in [2.05, 4.69) is 15.6 Å². The molecule has 1 atom stereocenters. The molecule has 0 radical (unpaired) electrons. The number of hydrogen-bond acceptors (Lipinski definition) is 3. The van der Waals surface area contributed by atoms with Crippen molar-refractivity contribution in [3.63, 3.8) is 0 Å². The third-order valence-electron chi connectivity index (χ3n) is 4.91. The van der Waals surface area contributed by atoms with Crippen LogP contribution < -0.4 is 10.6 Å². The number of halogens is 4. The molecule has 1 amide bonds. The molecule has 168 valence electrons. The molecular formula is C20H28F3IN4O2. The number of rotatable bonds is 6. The molecule has 1 aromatic rings. The van der Waals surface area contributed by atoms with Gasteiger partial charge in [0.05, 0.1) is 25.3 Å². The fraction of sp³-hybridized carbons (Fsp3) is 0.600. The lowest BCUT2D eigenvalue weighted by Gasteiger charge is -2.35. The highest BCUT2D eigenvalue weighted by molar-refractivity contribution is 14.0. The lowest BCUT2D eigenvalue weighted by Crippen LogP contribution is -2.48. The van der Waals surface area contributed by atoms with Crippen LogP contribution in [0.25, 0.3) is 0 Å². The summed E-state index contributed by atoms with van der Waals surface area (Å²) in [6.45, 7) is 4.91. The average Bonchev–Trinajstić information content (AvgIpc) is 3.55. The summed E-state index contributed by atoms with van der Waals surface area (Å²) in [7, 11) is 0. The van der Waals surface area contributed by atoms with Gasteiger partial charge in [-0.3, -0.25) is 9.79 Å². The molecule has 1 saturated carbocycles. The zero-order valence-corrected chi connectivity index (χ0v) is 19.2. The van der Waals surface area contributed by atoms with Crippen molar-refractivity contribution in [1.29, 1.82) is 0 Å². The normalized spacial score (nSPS) is 19.8. The third-order valence-corrected chi connectivity index (χ3v) is 4.91. The minimum atomic E-state index is -4.38. The topological polar surface area (TPSA) is 66.0 Å². The molecular weight excluding hydrogens is 512 g/mol. The van der Waals surface area contributed by atoms with E-state index in [4.69, 9.17) is 4.74 Å². The lowest BCUT2D eigenvalue weighted by atomic mass is 10.0. The van der Waals surface area contributed by atoms with Crippen LogP contribution in [0.1, 0.15) is 37.0 Å². The van der Waals surface area contributed by atoms with Crippen LogP contribution in [0, 0.1) is 5.92 Å². The van der Waals surface area contributed by atoms with Gasteiger partial charge in [-0.2, -0.15) is 13.2 Å². The van der Waals surface area contributed by atoms with Crippen LogP contribution in [-0.2, 0) is 15.7 Å². The van der Waals surface area contributed by atoms with Crippen molar-refractivity contribution in [2.45, 2.75) is 32.0 Å². The highest BCUT2D eigenvalue weighted by Gasteiger charge is 2.32. The molecule has 1 aliphatic heterocycles. The Bertz CT molecular complexity index is 741. The van der Waals surface area contributed by atoms with Gasteiger partial charge in [-0.25, -0.2) is 0 Å². The van der Waals surface area contributed by atoms with Crippen molar-refractivity contribution in [3.05, 3.63) is 35.4 Å². The monoisotopic (exact) mass is 540 g/mol. The summed E-state index contributed by atoms with van der Waals surface area (Å²) in [5.74, 6) is 0.925. The molecule has 0 spiro atoms. The van der Waals surface area contributed by atoms with E-state index in [0.29, 0.717) is 50.9 Å². The quantitative estimate of drug-likeness (QED) is 0.252. The van der Waals surface area contributed by atoms with E-state index in [1.807, 2.05) is 11.8 Å². The summed E-state index contributed by atoms with van der Waals surface area (Å²) in [5.41, 5.74) is -0.181. The van der Waals surface area contributed by atoms with Gasteiger partial charge in [-0.1, -0.05) is 12.1 Å². The fourth-order valence-corrected chi connectivity index (χ4v) is 3.22. The number of benzene rings is 1. The zero-order valence-electron chi connectivity index (χ0n) is 16.9. The van der Waals surface area contributed by atoms with Crippen LogP contribution in [-0.4, -0.2) is 56.1 Å². The van der Waals surface area contributed by atoms with E-state index < -0.39 is 17.8 Å². The number of nitrogens with one attached hydrogen (secondary N) is 2. The SMILES string of the molecule is CCNC(=NCCNC(=O)C1CC1)N1CCOC(c2cccc(C(F)(F)F)c2)C1.I. The molecule has 1 aromatic carbocycles. The molecule has 2 N–H and O–H groups in total. The van der Waals surface area contributed by atoms with Crippen LogP contribution in [0.15, 0.2) is 29.3 Å².